The van der Waals surface area contributed by atoms with Crippen molar-refractivity contribution in [3.8, 4) is 11.1 Å². The number of carbonyl (C=O) groups excluding carboxylic acids is 1. The molecular weight excluding hydrogens is 352 g/mol. The molecule has 7 heteroatoms. The molecule has 0 spiro atoms. The molecule has 1 fully saturated rings. The lowest BCUT2D eigenvalue weighted by Gasteiger charge is -2.29. The van der Waals surface area contributed by atoms with E-state index in [1.54, 1.807) is 10.7 Å². The van der Waals surface area contributed by atoms with Crippen LogP contribution in [0.3, 0.4) is 0 Å². The summed E-state index contributed by atoms with van der Waals surface area (Å²) in [6, 6.07) is 8.09. The minimum atomic E-state index is 0.131. The number of carbonyl (C=O) groups is 1. The molecule has 0 saturated carbocycles. The lowest BCUT2D eigenvalue weighted by atomic mass is 10.1. The second kappa shape index (κ2) is 8.06. The van der Waals surface area contributed by atoms with Gasteiger partial charge in [0, 0.05) is 42.7 Å². The van der Waals surface area contributed by atoms with Gasteiger partial charge in [-0.05, 0) is 43.6 Å². The molecule has 0 N–H and O–H groups in total. The Kier molecular flexibility index (Phi) is 5.34. The van der Waals surface area contributed by atoms with Gasteiger partial charge in [0.25, 0.3) is 11.7 Å². The number of hydrogen-bond acceptors (Lipinski definition) is 5. The Bertz CT molecular complexity index is 947. The number of rotatable bonds is 6. The number of nitrogens with zero attached hydrogens (tertiary/aromatic N) is 6. The van der Waals surface area contributed by atoms with Gasteiger partial charge in [-0.15, -0.1) is 0 Å². The lowest BCUT2D eigenvalue weighted by Crippen LogP contribution is -2.43. The first-order chi connectivity index (χ1) is 13.7. The summed E-state index contributed by atoms with van der Waals surface area (Å²) in [6.45, 7) is 8.20. The topological polar surface area (TPSA) is 66.6 Å². The highest BCUT2D eigenvalue weighted by molar-refractivity contribution is 5.95. The minimum absolute atomic E-state index is 0.131. The van der Waals surface area contributed by atoms with Crippen LogP contribution in [0, 0.1) is 0 Å². The average Bonchev–Trinajstić information content (AvgIpc) is 3.40. The number of hydrogen-bond donors (Lipinski definition) is 0. The third kappa shape index (κ3) is 3.62. The summed E-state index contributed by atoms with van der Waals surface area (Å²) in [5, 5.41) is 4.13. The van der Waals surface area contributed by atoms with Crippen LogP contribution < -0.4 is 0 Å². The molecule has 2 aromatic heterocycles. The van der Waals surface area contributed by atoms with Gasteiger partial charge in [-0.25, -0.2) is 9.50 Å². The number of amides is 1. The first kappa shape index (κ1) is 18.6. The van der Waals surface area contributed by atoms with Crippen molar-refractivity contribution in [2.45, 2.75) is 32.7 Å². The van der Waals surface area contributed by atoms with E-state index in [9.17, 15) is 4.79 Å². The molecule has 0 bridgehead atoms. The van der Waals surface area contributed by atoms with E-state index in [1.807, 2.05) is 30.5 Å². The van der Waals surface area contributed by atoms with Crippen LogP contribution in [0.1, 0.15) is 37.0 Å². The molecule has 1 aromatic carbocycles. The van der Waals surface area contributed by atoms with E-state index >= 15 is 0 Å². The second-order valence-corrected chi connectivity index (χ2v) is 7.21. The molecule has 1 amide bonds. The Morgan fingerprint density at radius 2 is 1.93 bits per heavy atom. The number of aromatic nitrogens is 4. The predicted octanol–water partition coefficient (Wildman–Crippen LogP) is 2.74. The standard InChI is InChI=1S/C21H26N6O/c1-3-25(4-2)14-19-6-5-11-26(19)20(28)17-9-7-16(8-10-17)18-12-22-21-23-15-24-27(21)13-18/h7-10,12-13,15,19H,3-6,11,14H2,1-2H3/t19-/m0/s1. The van der Waals surface area contributed by atoms with Crippen LogP contribution in [0.2, 0.25) is 0 Å². The maximum absolute atomic E-state index is 13.1. The van der Waals surface area contributed by atoms with Gasteiger partial charge >= 0.3 is 0 Å². The van der Waals surface area contributed by atoms with Gasteiger partial charge in [0.15, 0.2) is 0 Å². The molecule has 7 nitrogen and oxygen atoms in total. The Hall–Kier alpha value is -2.80. The van der Waals surface area contributed by atoms with Crippen LogP contribution in [0.15, 0.2) is 43.0 Å². The van der Waals surface area contributed by atoms with E-state index in [0.717, 1.165) is 55.7 Å². The molecule has 146 valence electrons. The van der Waals surface area contributed by atoms with Crippen molar-refractivity contribution < 1.29 is 4.79 Å². The van der Waals surface area contributed by atoms with Gasteiger partial charge in [0.1, 0.15) is 6.33 Å². The van der Waals surface area contributed by atoms with Crippen molar-refractivity contribution in [1.29, 1.82) is 0 Å². The molecule has 1 atom stereocenters. The van der Waals surface area contributed by atoms with Crippen molar-refractivity contribution in [3.05, 3.63) is 48.5 Å². The van der Waals surface area contributed by atoms with Crippen LogP contribution in [0.25, 0.3) is 16.9 Å². The smallest absolute Gasteiger partial charge is 0.254 e. The minimum Gasteiger partial charge on any atom is -0.334 e. The molecule has 1 saturated heterocycles. The molecule has 1 aliphatic rings. The predicted molar refractivity (Wildman–Crippen MR) is 108 cm³/mol. The van der Waals surface area contributed by atoms with E-state index in [4.69, 9.17) is 0 Å². The third-order valence-corrected chi connectivity index (χ3v) is 5.60. The second-order valence-electron chi connectivity index (χ2n) is 7.21. The molecule has 0 unspecified atom stereocenters. The maximum Gasteiger partial charge on any atom is 0.254 e. The Labute approximate surface area is 165 Å². The highest BCUT2D eigenvalue weighted by Gasteiger charge is 2.30. The molecule has 4 rings (SSSR count). The van der Waals surface area contributed by atoms with Crippen LogP contribution in [0.5, 0.6) is 0 Å². The summed E-state index contributed by atoms with van der Waals surface area (Å²) < 4.78 is 1.65. The van der Waals surface area contributed by atoms with E-state index in [1.165, 1.54) is 6.33 Å². The lowest BCUT2D eigenvalue weighted by molar-refractivity contribution is 0.0704. The molecule has 3 aromatic rings. The Morgan fingerprint density at radius 1 is 1.14 bits per heavy atom. The summed E-state index contributed by atoms with van der Waals surface area (Å²) in [7, 11) is 0. The third-order valence-electron chi connectivity index (χ3n) is 5.60. The first-order valence-corrected chi connectivity index (χ1v) is 9.98. The summed E-state index contributed by atoms with van der Waals surface area (Å²) in [5.74, 6) is 0.704. The molecule has 0 radical (unpaired) electrons. The molecule has 28 heavy (non-hydrogen) atoms. The molecule has 3 heterocycles. The summed E-state index contributed by atoms with van der Waals surface area (Å²) >= 11 is 0. The van der Waals surface area contributed by atoms with E-state index in [-0.39, 0.29) is 5.91 Å². The summed E-state index contributed by atoms with van der Waals surface area (Å²) in [5.41, 5.74) is 2.69. The highest BCUT2D eigenvalue weighted by atomic mass is 16.2. The van der Waals surface area contributed by atoms with Gasteiger partial charge in [-0.3, -0.25) is 4.79 Å². The Morgan fingerprint density at radius 3 is 2.68 bits per heavy atom. The highest BCUT2D eigenvalue weighted by Crippen LogP contribution is 2.23. The SMILES string of the molecule is CCN(CC)C[C@@H]1CCCN1C(=O)c1ccc(-c2cnc3ncnn3c2)cc1. The largest absolute Gasteiger partial charge is 0.334 e. The van der Waals surface area contributed by atoms with Crippen molar-refractivity contribution in [2.24, 2.45) is 0 Å². The monoisotopic (exact) mass is 378 g/mol. The van der Waals surface area contributed by atoms with Crippen molar-refractivity contribution in [3.63, 3.8) is 0 Å². The van der Waals surface area contributed by atoms with Crippen LogP contribution >= 0.6 is 0 Å². The number of fused-ring (bicyclic) bond motifs is 1. The zero-order valence-electron chi connectivity index (χ0n) is 16.5. The maximum atomic E-state index is 13.1. The fourth-order valence-corrected chi connectivity index (χ4v) is 3.91. The van der Waals surface area contributed by atoms with E-state index < -0.39 is 0 Å². The molecule has 0 aliphatic carbocycles. The van der Waals surface area contributed by atoms with Gasteiger partial charge in [0.2, 0.25) is 0 Å². The molecule has 1 aliphatic heterocycles. The van der Waals surface area contributed by atoms with Gasteiger partial charge < -0.3 is 9.80 Å². The van der Waals surface area contributed by atoms with Crippen LogP contribution in [-0.4, -0.2) is 67.5 Å². The number of likely N-dealkylation sites (tertiary alicyclic amines) is 1. The van der Waals surface area contributed by atoms with Gasteiger partial charge in [0.05, 0.1) is 0 Å². The normalized spacial score (nSPS) is 17.0. The van der Waals surface area contributed by atoms with Gasteiger partial charge in [-0.1, -0.05) is 26.0 Å². The fourth-order valence-electron chi connectivity index (χ4n) is 3.91. The van der Waals surface area contributed by atoms with Crippen molar-refractivity contribution >= 4 is 11.7 Å². The Balaban J connectivity index is 1.50. The number of likely N-dealkylation sites (N-methyl/N-ethyl adjacent to an activating group) is 1. The van der Waals surface area contributed by atoms with Gasteiger partial charge in [-0.2, -0.15) is 10.1 Å². The van der Waals surface area contributed by atoms with Crippen LogP contribution in [-0.2, 0) is 0 Å². The zero-order valence-corrected chi connectivity index (χ0v) is 16.5. The number of benzene rings is 1. The zero-order chi connectivity index (χ0) is 19.5. The molecular formula is C21H26N6O. The average molecular weight is 378 g/mol. The van der Waals surface area contributed by atoms with Crippen LogP contribution in [0.4, 0.5) is 0 Å². The fraction of sp³-hybridized carbons (Fsp3) is 0.429. The van der Waals surface area contributed by atoms with E-state index in [0.29, 0.717) is 11.8 Å². The van der Waals surface area contributed by atoms with Crippen molar-refractivity contribution in [1.82, 2.24) is 29.4 Å². The summed E-state index contributed by atoms with van der Waals surface area (Å²) in [6.07, 6.45) is 7.33. The van der Waals surface area contributed by atoms with E-state index in [2.05, 4.69) is 38.7 Å². The summed E-state index contributed by atoms with van der Waals surface area (Å²) in [4.78, 5) is 25.9. The van der Waals surface area contributed by atoms with Crippen molar-refractivity contribution in [2.75, 3.05) is 26.2 Å². The first-order valence-electron chi connectivity index (χ1n) is 9.98. The quantitative estimate of drug-likeness (QED) is 0.660.